The van der Waals surface area contributed by atoms with Crippen LogP contribution in [0.15, 0.2) is 0 Å². The largest absolute Gasteiger partial charge is 0.472 e. The van der Waals surface area contributed by atoms with Crippen molar-refractivity contribution >= 4 is 19.8 Å². The maximum Gasteiger partial charge on any atom is 0.472 e. The number of unbranched alkanes of at least 4 members (excludes halogenated alkanes) is 56. The number of ether oxygens (including phenoxy) is 2. The number of hydrogen-bond donors (Lipinski definition) is 1. The van der Waals surface area contributed by atoms with Gasteiger partial charge in [0.15, 0.2) is 6.10 Å². The van der Waals surface area contributed by atoms with E-state index >= 15 is 0 Å². The van der Waals surface area contributed by atoms with Gasteiger partial charge in [0.05, 0.1) is 27.7 Å². The Balaban J connectivity index is 3.92. The number of nitrogens with zero attached hydrogens (tertiary/aromatic N) is 1. The zero-order valence-corrected chi connectivity index (χ0v) is 56.9. The first-order valence-electron chi connectivity index (χ1n) is 36.8. The first kappa shape index (κ1) is 81.0. The minimum Gasteiger partial charge on any atom is -0.462 e. The monoisotopic (exact) mass is 1180 g/mol. The Kier molecular flexibility index (Phi) is 63.7. The van der Waals surface area contributed by atoms with Crippen LogP contribution in [0.2, 0.25) is 0 Å². The number of carbonyl (C=O) groups is 2. The summed E-state index contributed by atoms with van der Waals surface area (Å²) in [5.74, 6) is -0.767. The van der Waals surface area contributed by atoms with Crippen molar-refractivity contribution in [3.8, 4) is 0 Å². The van der Waals surface area contributed by atoms with E-state index < -0.39 is 26.5 Å². The molecular formula is C72H145NO8P+. The molecule has 0 aliphatic heterocycles. The lowest BCUT2D eigenvalue weighted by molar-refractivity contribution is -0.870. The molecule has 9 nitrogen and oxygen atoms in total. The Bertz CT molecular complexity index is 1340. The van der Waals surface area contributed by atoms with E-state index in [0.717, 1.165) is 38.5 Å². The summed E-state index contributed by atoms with van der Waals surface area (Å²) in [4.78, 5) is 35.9. The number of carbonyl (C=O) groups excluding carboxylic acids is 2. The molecule has 10 heteroatoms. The Morgan fingerprint density at radius 3 is 0.780 bits per heavy atom. The summed E-state index contributed by atoms with van der Waals surface area (Å²) in [5.41, 5.74) is 0. The number of rotatable bonds is 70. The van der Waals surface area contributed by atoms with E-state index in [1.807, 2.05) is 21.1 Å². The fourth-order valence-corrected chi connectivity index (χ4v) is 12.2. The molecule has 0 aromatic heterocycles. The molecule has 2 unspecified atom stereocenters. The van der Waals surface area contributed by atoms with Crippen molar-refractivity contribution in [2.75, 3.05) is 47.5 Å². The van der Waals surface area contributed by atoms with Crippen LogP contribution >= 0.6 is 7.82 Å². The Labute approximate surface area is 512 Å². The van der Waals surface area contributed by atoms with Gasteiger partial charge in [-0.05, 0) is 12.8 Å². The highest BCUT2D eigenvalue weighted by atomic mass is 31.2. The lowest BCUT2D eigenvalue weighted by Crippen LogP contribution is -2.37. The van der Waals surface area contributed by atoms with Crippen molar-refractivity contribution in [2.45, 2.75) is 405 Å². The summed E-state index contributed by atoms with van der Waals surface area (Å²) in [5, 5.41) is 0. The average Bonchev–Trinajstić information content (AvgIpc) is 3.46. The number of likely N-dealkylation sites (N-methyl/N-ethyl adjacent to an activating group) is 1. The number of hydrogen-bond acceptors (Lipinski definition) is 7. The molecule has 490 valence electrons. The second-order valence-corrected chi connectivity index (χ2v) is 28.2. The molecule has 0 radical (unpaired) electrons. The fraction of sp³-hybridized carbons (Fsp3) is 0.972. The molecule has 2 atom stereocenters. The van der Waals surface area contributed by atoms with Crippen LogP contribution in [0.4, 0.5) is 0 Å². The lowest BCUT2D eigenvalue weighted by Gasteiger charge is -2.24. The minimum atomic E-state index is -4.38. The van der Waals surface area contributed by atoms with Crippen LogP contribution in [-0.4, -0.2) is 74.9 Å². The molecule has 0 saturated heterocycles. The zero-order chi connectivity index (χ0) is 59.8. The third kappa shape index (κ3) is 68.1. The minimum absolute atomic E-state index is 0.0377. The quantitative estimate of drug-likeness (QED) is 0.0278. The Morgan fingerprint density at radius 2 is 0.549 bits per heavy atom. The van der Waals surface area contributed by atoms with E-state index in [4.69, 9.17) is 18.5 Å². The molecule has 0 saturated carbocycles. The van der Waals surface area contributed by atoms with Gasteiger partial charge in [0, 0.05) is 12.8 Å². The van der Waals surface area contributed by atoms with Crippen molar-refractivity contribution < 1.29 is 42.1 Å². The van der Waals surface area contributed by atoms with Gasteiger partial charge in [0.25, 0.3) is 0 Å². The van der Waals surface area contributed by atoms with Gasteiger partial charge in [0.2, 0.25) is 0 Å². The van der Waals surface area contributed by atoms with Crippen molar-refractivity contribution in [3.63, 3.8) is 0 Å². The number of quaternary nitrogens is 1. The van der Waals surface area contributed by atoms with Crippen molar-refractivity contribution in [3.05, 3.63) is 0 Å². The van der Waals surface area contributed by atoms with Gasteiger partial charge in [0.1, 0.15) is 19.8 Å². The molecule has 0 aromatic carbocycles. The SMILES string of the molecule is CCCCCCCCCCCCCCCCCCCCCCCCCCCCCCCCCCCCC(=O)OC(COC(=O)CCCCCCCCCCCCCCCCCCCCCCCCCC)COP(=O)(O)OCC[N+](C)(C)C. The molecule has 0 spiro atoms. The molecule has 0 bridgehead atoms. The molecule has 0 aliphatic rings. The van der Waals surface area contributed by atoms with E-state index in [1.54, 1.807) is 0 Å². The summed E-state index contributed by atoms with van der Waals surface area (Å²) in [6, 6.07) is 0. The molecule has 0 fully saturated rings. The summed E-state index contributed by atoms with van der Waals surface area (Å²) in [7, 11) is 1.51. The first-order valence-corrected chi connectivity index (χ1v) is 38.3. The van der Waals surface area contributed by atoms with Crippen LogP contribution in [0.25, 0.3) is 0 Å². The molecule has 0 rings (SSSR count). The molecule has 82 heavy (non-hydrogen) atoms. The zero-order valence-electron chi connectivity index (χ0n) is 56.0. The van der Waals surface area contributed by atoms with Crippen LogP contribution in [0.1, 0.15) is 399 Å². The second kappa shape index (κ2) is 64.5. The van der Waals surface area contributed by atoms with Crippen LogP contribution in [0.5, 0.6) is 0 Å². The van der Waals surface area contributed by atoms with Crippen molar-refractivity contribution in [1.29, 1.82) is 0 Å². The summed E-state index contributed by atoms with van der Waals surface area (Å²) in [6.07, 6.45) is 78.0. The molecule has 1 N–H and O–H groups in total. The van der Waals surface area contributed by atoms with E-state index in [9.17, 15) is 19.0 Å². The number of esters is 2. The van der Waals surface area contributed by atoms with E-state index in [-0.39, 0.29) is 25.6 Å². The second-order valence-electron chi connectivity index (χ2n) is 26.7. The van der Waals surface area contributed by atoms with Gasteiger partial charge in [-0.2, -0.15) is 0 Å². The van der Waals surface area contributed by atoms with E-state index in [0.29, 0.717) is 17.4 Å². The van der Waals surface area contributed by atoms with Gasteiger partial charge >= 0.3 is 19.8 Å². The van der Waals surface area contributed by atoms with Gasteiger partial charge in [-0.15, -0.1) is 0 Å². The molecule has 0 aliphatic carbocycles. The van der Waals surface area contributed by atoms with Crippen molar-refractivity contribution in [1.82, 2.24) is 0 Å². The summed E-state index contributed by atoms with van der Waals surface area (Å²) in [6.45, 7) is 4.54. The predicted molar refractivity (Wildman–Crippen MR) is 354 cm³/mol. The third-order valence-corrected chi connectivity index (χ3v) is 18.1. The standard InChI is InChI=1S/C72H144NO8P/c1-6-8-10-12-14-16-18-20-22-24-26-28-30-32-33-34-35-36-37-38-39-40-41-43-45-47-49-51-53-55-57-59-61-63-65-72(75)81-70(69-80-82(76,77)79-67-66-73(3,4)5)68-78-71(74)64-62-60-58-56-54-52-50-48-46-44-42-31-29-27-25-23-21-19-17-15-13-11-9-7-2/h70H,6-69H2,1-5H3/p+1. The molecule has 0 heterocycles. The van der Waals surface area contributed by atoms with E-state index in [1.165, 1.54) is 334 Å². The predicted octanol–water partition coefficient (Wildman–Crippen LogP) is 23.7. The van der Waals surface area contributed by atoms with Gasteiger partial charge in [-0.25, -0.2) is 4.57 Å². The van der Waals surface area contributed by atoms with Crippen LogP contribution in [-0.2, 0) is 32.7 Å². The smallest absolute Gasteiger partial charge is 0.462 e. The third-order valence-electron chi connectivity index (χ3n) is 17.1. The topological polar surface area (TPSA) is 108 Å². The number of phosphoric ester groups is 1. The normalized spacial score (nSPS) is 13.0. The lowest BCUT2D eigenvalue weighted by atomic mass is 10.0. The average molecular weight is 1180 g/mol. The first-order chi connectivity index (χ1) is 40.0. The molecular weight excluding hydrogens is 1040 g/mol. The maximum absolute atomic E-state index is 12.9. The highest BCUT2D eigenvalue weighted by Gasteiger charge is 2.27. The molecule has 0 amide bonds. The maximum atomic E-state index is 12.9. The highest BCUT2D eigenvalue weighted by molar-refractivity contribution is 7.47. The Hall–Kier alpha value is -0.990. The van der Waals surface area contributed by atoms with Crippen LogP contribution in [0, 0.1) is 0 Å². The highest BCUT2D eigenvalue weighted by Crippen LogP contribution is 2.43. The fourth-order valence-electron chi connectivity index (χ4n) is 11.5. The van der Waals surface area contributed by atoms with Gasteiger partial charge < -0.3 is 18.9 Å². The summed E-state index contributed by atoms with van der Waals surface area (Å²) < 4.78 is 34.8. The van der Waals surface area contributed by atoms with Crippen LogP contribution in [0.3, 0.4) is 0 Å². The summed E-state index contributed by atoms with van der Waals surface area (Å²) >= 11 is 0. The van der Waals surface area contributed by atoms with Gasteiger partial charge in [-0.1, -0.05) is 373 Å². The van der Waals surface area contributed by atoms with E-state index in [2.05, 4.69) is 13.8 Å². The van der Waals surface area contributed by atoms with Crippen molar-refractivity contribution in [2.24, 2.45) is 0 Å². The Morgan fingerprint density at radius 1 is 0.329 bits per heavy atom. The number of phosphoric acid groups is 1. The van der Waals surface area contributed by atoms with Gasteiger partial charge in [-0.3, -0.25) is 18.6 Å². The van der Waals surface area contributed by atoms with Crippen LogP contribution < -0.4 is 0 Å². The molecule has 0 aromatic rings.